The fraction of sp³-hybridized carbons (Fsp3) is 0.500. The topological polar surface area (TPSA) is 84.6 Å². The molecule has 0 aromatic heterocycles. The second kappa shape index (κ2) is 5.59. The number of primary amides is 1. The Morgan fingerprint density at radius 1 is 1.63 bits per heavy atom. The van der Waals surface area contributed by atoms with Gasteiger partial charge in [-0.1, -0.05) is 12.1 Å². The van der Waals surface area contributed by atoms with Crippen molar-refractivity contribution in [1.82, 2.24) is 5.32 Å². The highest BCUT2D eigenvalue weighted by molar-refractivity contribution is 5.85. The average molecular weight is 264 g/mol. The Bertz CT molecular complexity index is 458. The number of hydrogen-bond donors (Lipinski definition) is 3. The molecule has 1 aromatic rings. The molecule has 1 heterocycles. The molecule has 5 nitrogen and oxygen atoms in total. The van der Waals surface area contributed by atoms with Crippen molar-refractivity contribution in [2.24, 2.45) is 5.73 Å². The van der Waals surface area contributed by atoms with Crippen LogP contribution in [0, 0.1) is 0 Å². The van der Waals surface area contributed by atoms with Crippen molar-refractivity contribution in [3.63, 3.8) is 0 Å². The van der Waals surface area contributed by atoms with Gasteiger partial charge in [-0.25, -0.2) is 0 Å². The number of hydrogen-bond acceptors (Lipinski definition) is 4. The van der Waals surface area contributed by atoms with Crippen molar-refractivity contribution in [3.8, 4) is 5.75 Å². The van der Waals surface area contributed by atoms with E-state index in [4.69, 9.17) is 10.5 Å². The minimum Gasteiger partial charge on any atom is -0.508 e. The monoisotopic (exact) mass is 264 g/mol. The van der Waals surface area contributed by atoms with Gasteiger partial charge in [0.15, 0.2) is 0 Å². The number of nitrogens with two attached hydrogens (primary N) is 1. The number of phenolic OH excluding ortho intramolecular Hbond substituents is 1. The van der Waals surface area contributed by atoms with E-state index in [0.29, 0.717) is 12.1 Å². The van der Waals surface area contributed by atoms with Gasteiger partial charge in [0.05, 0.1) is 6.10 Å². The lowest BCUT2D eigenvalue weighted by atomic mass is 9.90. The fourth-order valence-electron chi connectivity index (χ4n) is 2.27. The number of phenols is 1. The van der Waals surface area contributed by atoms with E-state index in [1.54, 1.807) is 31.2 Å². The summed E-state index contributed by atoms with van der Waals surface area (Å²) in [5.41, 5.74) is 5.16. The summed E-state index contributed by atoms with van der Waals surface area (Å²) in [6, 6.07) is 6.57. The molecule has 0 aliphatic carbocycles. The molecule has 2 unspecified atom stereocenters. The lowest BCUT2D eigenvalue weighted by molar-refractivity contribution is -0.124. The summed E-state index contributed by atoms with van der Waals surface area (Å²) in [4.78, 5) is 11.8. The zero-order valence-corrected chi connectivity index (χ0v) is 11.1. The lowest BCUT2D eigenvalue weighted by Gasteiger charge is -2.29. The number of ether oxygens (including phenoxy) is 1. The van der Waals surface area contributed by atoms with E-state index in [0.717, 1.165) is 19.4 Å². The zero-order chi connectivity index (χ0) is 13.9. The fourth-order valence-corrected chi connectivity index (χ4v) is 2.27. The van der Waals surface area contributed by atoms with E-state index in [1.807, 2.05) is 0 Å². The van der Waals surface area contributed by atoms with Gasteiger partial charge in [-0.3, -0.25) is 10.1 Å². The molecule has 19 heavy (non-hydrogen) atoms. The van der Waals surface area contributed by atoms with Gasteiger partial charge in [0.25, 0.3) is 0 Å². The molecule has 1 aromatic carbocycles. The summed E-state index contributed by atoms with van der Waals surface area (Å²) in [6.07, 6.45) is 2.16. The van der Waals surface area contributed by atoms with Crippen molar-refractivity contribution in [2.45, 2.75) is 31.4 Å². The molecular formula is C14H20N2O3. The molecule has 1 saturated heterocycles. The van der Waals surface area contributed by atoms with Crippen molar-refractivity contribution in [2.75, 3.05) is 13.2 Å². The normalized spacial score (nSPS) is 22.1. The molecule has 0 bridgehead atoms. The first-order valence-corrected chi connectivity index (χ1v) is 6.48. The standard InChI is InChI=1S/C14H20N2O3/c1-14(13(15)18,10-4-2-5-11(17)8-10)16-9-12-6-3-7-19-12/h2,4-5,8,12,16-17H,3,6-7,9H2,1H3,(H2,15,18). The van der Waals surface area contributed by atoms with Crippen LogP contribution in [-0.2, 0) is 15.1 Å². The van der Waals surface area contributed by atoms with Crippen LogP contribution in [0.5, 0.6) is 5.75 Å². The van der Waals surface area contributed by atoms with E-state index in [2.05, 4.69) is 5.32 Å². The van der Waals surface area contributed by atoms with Crippen LogP contribution in [0.3, 0.4) is 0 Å². The van der Waals surface area contributed by atoms with Crippen LogP contribution < -0.4 is 11.1 Å². The highest BCUT2D eigenvalue weighted by atomic mass is 16.5. The summed E-state index contributed by atoms with van der Waals surface area (Å²) in [6.45, 7) is 3.06. The van der Waals surface area contributed by atoms with Gasteiger partial charge in [-0.05, 0) is 37.5 Å². The molecule has 1 fully saturated rings. The first-order valence-electron chi connectivity index (χ1n) is 6.48. The van der Waals surface area contributed by atoms with E-state index < -0.39 is 11.4 Å². The molecule has 2 rings (SSSR count). The average Bonchev–Trinajstić information content (AvgIpc) is 2.88. The Morgan fingerprint density at radius 3 is 3.00 bits per heavy atom. The van der Waals surface area contributed by atoms with Gasteiger partial charge in [0.1, 0.15) is 11.3 Å². The van der Waals surface area contributed by atoms with Gasteiger partial charge < -0.3 is 15.6 Å². The zero-order valence-electron chi connectivity index (χ0n) is 11.1. The number of benzene rings is 1. The van der Waals surface area contributed by atoms with Crippen LogP contribution in [0.4, 0.5) is 0 Å². The molecule has 1 aliphatic rings. The van der Waals surface area contributed by atoms with Crippen molar-refractivity contribution in [3.05, 3.63) is 29.8 Å². The Hall–Kier alpha value is -1.59. The summed E-state index contributed by atoms with van der Waals surface area (Å²) < 4.78 is 5.52. The SMILES string of the molecule is CC(NCC1CCCO1)(C(N)=O)c1cccc(O)c1. The predicted octanol–water partition coefficient (Wildman–Crippen LogP) is 0.861. The second-order valence-electron chi connectivity index (χ2n) is 5.06. The summed E-state index contributed by atoms with van der Waals surface area (Å²) in [5.74, 6) is -0.361. The molecule has 0 radical (unpaired) electrons. The quantitative estimate of drug-likeness (QED) is 0.736. The number of aromatic hydroxyl groups is 1. The van der Waals surface area contributed by atoms with E-state index in [9.17, 15) is 9.90 Å². The Morgan fingerprint density at radius 2 is 2.42 bits per heavy atom. The van der Waals surface area contributed by atoms with Gasteiger partial charge in [0.2, 0.25) is 5.91 Å². The van der Waals surface area contributed by atoms with Gasteiger partial charge >= 0.3 is 0 Å². The van der Waals surface area contributed by atoms with E-state index in [-0.39, 0.29) is 11.9 Å². The molecule has 1 amide bonds. The van der Waals surface area contributed by atoms with Gasteiger partial charge in [0, 0.05) is 13.2 Å². The van der Waals surface area contributed by atoms with Crippen LogP contribution in [0.2, 0.25) is 0 Å². The maximum atomic E-state index is 11.8. The van der Waals surface area contributed by atoms with E-state index in [1.165, 1.54) is 0 Å². The number of amides is 1. The van der Waals surface area contributed by atoms with Crippen molar-refractivity contribution in [1.29, 1.82) is 0 Å². The molecule has 104 valence electrons. The highest BCUT2D eigenvalue weighted by Gasteiger charge is 2.34. The maximum absolute atomic E-state index is 11.8. The van der Waals surface area contributed by atoms with Gasteiger partial charge in [-0.15, -0.1) is 0 Å². The maximum Gasteiger partial charge on any atom is 0.242 e. The first-order chi connectivity index (χ1) is 9.02. The summed E-state index contributed by atoms with van der Waals surface area (Å²) >= 11 is 0. The van der Waals surface area contributed by atoms with Gasteiger partial charge in [-0.2, -0.15) is 0 Å². The van der Waals surface area contributed by atoms with Crippen LogP contribution in [-0.4, -0.2) is 30.3 Å². The molecule has 0 spiro atoms. The van der Waals surface area contributed by atoms with Crippen LogP contribution in [0.1, 0.15) is 25.3 Å². The molecule has 5 heteroatoms. The Labute approximate surface area is 112 Å². The first kappa shape index (κ1) is 13.8. The number of rotatable bonds is 5. The van der Waals surface area contributed by atoms with Crippen LogP contribution in [0.25, 0.3) is 0 Å². The second-order valence-corrected chi connectivity index (χ2v) is 5.06. The molecule has 2 atom stereocenters. The number of nitrogens with one attached hydrogen (secondary N) is 1. The van der Waals surface area contributed by atoms with E-state index >= 15 is 0 Å². The largest absolute Gasteiger partial charge is 0.508 e. The minimum atomic E-state index is -1.01. The third kappa shape index (κ3) is 3.05. The summed E-state index contributed by atoms with van der Waals surface area (Å²) in [5, 5.41) is 12.7. The number of carbonyl (C=O) groups is 1. The van der Waals surface area contributed by atoms with Crippen LogP contribution >= 0.6 is 0 Å². The third-order valence-electron chi connectivity index (χ3n) is 3.62. The third-order valence-corrected chi connectivity index (χ3v) is 3.62. The van der Waals surface area contributed by atoms with Crippen molar-refractivity contribution >= 4 is 5.91 Å². The lowest BCUT2D eigenvalue weighted by Crippen LogP contribution is -2.52. The Kier molecular flexibility index (Phi) is 4.07. The highest BCUT2D eigenvalue weighted by Crippen LogP contribution is 2.24. The molecule has 1 aliphatic heterocycles. The number of carbonyl (C=O) groups excluding carboxylic acids is 1. The Balaban J connectivity index is 2.14. The summed E-state index contributed by atoms with van der Waals surface area (Å²) in [7, 11) is 0. The van der Waals surface area contributed by atoms with Crippen LogP contribution in [0.15, 0.2) is 24.3 Å². The molecule has 0 saturated carbocycles. The molecular weight excluding hydrogens is 244 g/mol. The molecule has 4 N–H and O–H groups in total. The minimum absolute atomic E-state index is 0.115. The van der Waals surface area contributed by atoms with Crippen molar-refractivity contribution < 1.29 is 14.6 Å². The smallest absolute Gasteiger partial charge is 0.242 e. The predicted molar refractivity (Wildman–Crippen MR) is 71.6 cm³/mol.